The van der Waals surface area contributed by atoms with E-state index in [1.807, 2.05) is 0 Å². The van der Waals surface area contributed by atoms with Crippen LogP contribution in [-0.2, 0) is 33.0 Å². The standard InChI is InChI=1S/C31H24Cl2F3N3O6S/c32-22-7-4-8-23(33)27(22)28(40)37-21-12-9-18(10-13-21)15-25(29(41)42)39-30(43)38-24-16-20(31(34,35)36)11-14-26(24)46(44,45)17-19-5-2-1-3-6-19/h1-14,16,25H,15,17H2,(H,37,40)(H,41,42)(H2,38,39,43)/t25-/m0/s1. The quantitative estimate of drug-likeness (QED) is 0.140. The van der Waals surface area contributed by atoms with Crippen LogP contribution in [0.5, 0.6) is 0 Å². The van der Waals surface area contributed by atoms with Crippen LogP contribution in [0.4, 0.5) is 29.3 Å². The molecule has 4 rings (SSSR count). The molecule has 9 nitrogen and oxygen atoms in total. The molecule has 0 aliphatic heterocycles. The molecule has 3 amide bonds. The van der Waals surface area contributed by atoms with Crippen molar-refractivity contribution in [1.29, 1.82) is 0 Å². The first-order valence-corrected chi connectivity index (χ1v) is 15.7. The highest BCUT2D eigenvalue weighted by molar-refractivity contribution is 7.90. The van der Waals surface area contributed by atoms with E-state index >= 15 is 0 Å². The maximum absolute atomic E-state index is 13.5. The molecule has 0 aliphatic rings. The Labute approximate surface area is 271 Å². The van der Waals surface area contributed by atoms with Crippen LogP contribution in [0.2, 0.25) is 10.0 Å². The van der Waals surface area contributed by atoms with Gasteiger partial charge in [0.25, 0.3) is 5.91 Å². The summed E-state index contributed by atoms with van der Waals surface area (Å²) in [4.78, 5) is 36.9. The lowest BCUT2D eigenvalue weighted by Crippen LogP contribution is -2.44. The van der Waals surface area contributed by atoms with Gasteiger partial charge in [0.05, 0.1) is 37.5 Å². The van der Waals surface area contributed by atoms with Gasteiger partial charge in [0.15, 0.2) is 9.84 Å². The molecule has 15 heteroatoms. The minimum absolute atomic E-state index is 0.0628. The van der Waals surface area contributed by atoms with Crippen LogP contribution in [0.15, 0.2) is 95.9 Å². The number of rotatable bonds is 10. The zero-order chi connectivity index (χ0) is 33.6. The zero-order valence-electron chi connectivity index (χ0n) is 23.4. The summed E-state index contributed by atoms with van der Waals surface area (Å²) in [5, 5.41) is 16.9. The number of aliphatic carboxylic acids is 1. The second kappa shape index (κ2) is 14.2. The van der Waals surface area contributed by atoms with Gasteiger partial charge in [-0.3, -0.25) is 4.79 Å². The minimum Gasteiger partial charge on any atom is -0.480 e. The van der Waals surface area contributed by atoms with E-state index in [2.05, 4.69) is 16.0 Å². The second-order valence-corrected chi connectivity index (χ2v) is 12.7. The number of halogens is 5. The number of amides is 3. The van der Waals surface area contributed by atoms with Crippen molar-refractivity contribution in [1.82, 2.24) is 5.32 Å². The van der Waals surface area contributed by atoms with E-state index in [1.54, 1.807) is 24.3 Å². The third-order valence-electron chi connectivity index (χ3n) is 6.53. The van der Waals surface area contributed by atoms with Gasteiger partial charge in [0.1, 0.15) is 6.04 Å². The first-order valence-electron chi connectivity index (χ1n) is 13.3. The molecule has 0 fully saturated rings. The molecule has 46 heavy (non-hydrogen) atoms. The molecule has 240 valence electrons. The summed E-state index contributed by atoms with van der Waals surface area (Å²) in [6.45, 7) is 0. The van der Waals surface area contributed by atoms with E-state index in [0.717, 1.165) is 6.07 Å². The van der Waals surface area contributed by atoms with E-state index in [4.69, 9.17) is 23.2 Å². The Balaban J connectivity index is 1.49. The molecule has 0 heterocycles. The summed E-state index contributed by atoms with van der Waals surface area (Å²) < 4.78 is 66.7. The van der Waals surface area contributed by atoms with E-state index in [-0.39, 0.29) is 22.0 Å². The number of hydrogen-bond donors (Lipinski definition) is 4. The van der Waals surface area contributed by atoms with Crippen LogP contribution in [0, 0.1) is 0 Å². The van der Waals surface area contributed by atoms with Crippen LogP contribution in [-0.4, -0.2) is 37.5 Å². The number of nitrogens with one attached hydrogen (secondary N) is 3. The van der Waals surface area contributed by atoms with Gasteiger partial charge in [-0.25, -0.2) is 18.0 Å². The average Bonchev–Trinajstić information content (AvgIpc) is 2.97. The van der Waals surface area contributed by atoms with E-state index in [0.29, 0.717) is 28.9 Å². The highest BCUT2D eigenvalue weighted by Crippen LogP contribution is 2.34. The highest BCUT2D eigenvalue weighted by Gasteiger charge is 2.33. The molecular formula is C31H24Cl2F3N3O6S. The fourth-order valence-corrected chi connectivity index (χ4v) is 6.41. The Kier molecular flexibility index (Phi) is 10.6. The SMILES string of the molecule is O=C(Nc1cc(C(F)(F)F)ccc1S(=O)(=O)Cc1ccccc1)N[C@@H](Cc1ccc(NC(=O)c2c(Cl)cccc2Cl)cc1)C(=O)O. The number of benzene rings is 4. The van der Waals surface area contributed by atoms with Gasteiger partial charge in [0.2, 0.25) is 0 Å². The molecule has 0 aromatic heterocycles. The molecule has 4 aromatic carbocycles. The number of carbonyl (C=O) groups excluding carboxylic acids is 2. The fourth-order valence-electron chi connectivity index (χ4n) is 4.33. The zero-order valence-corrected chi connectivity index (χ0v) is 25.8. The summed E-state index contributed by atoms with van der Waals surface area (Å²) in [7, 11) is -4.25. The van der Waals surface area contributed by atoms with Crippen molar-refractivity contribution in [2.75, 3.05) is 10.6 Å². The first-order chi connectivity index (χ1) is 21.6. The van der Waals surface area contributed by atoms with Crippen LogP contribution in [0.1, 0.15) is 27.0 Å². The fraction of sp³-hybridized carbons (Fsp3) is 0.129. The predicted octanol–water partition coefficient (Wildman–Crippen LogP) is 7.06. The van der Waals surface area contributed by atoms with E-state index < -0.39 is 61.9 Å². The van der Waals surface area contributed by atoms with Gasteiger partial charge < -0.3 is 21.1 Å². The minimum atomic E-state index is -4.86. The lowest BCUT2D eigenvalue weighted by atomic mass is 10.1. The molecule has 0 bridgehead atoms. The number of alkyl halides is 3. The number of urea groups is 1. The molecule has 0 saturated carbocycles. The van der Waals surface area contributed by atoms with Crippen molar-refractivity contribution >= 4 is 62.3 Å². The Morgan fingerprint density at radius 1 is 0.804 bits per heavy atom. The number of anilines is 2. The third kappa shape index (κ3) is 8.77. The number of carboxylic acids is 1. The third-order valence-corrected chi connectivity index (χ3v) is 8.90. The summed E-state index contributed by atoms with van der Waals surface area (Å²) in [6.07, 6.45) is -5.13. The van der Waals surface area contributed by atoms with E-state index in [9.17, 15) is 41.1 Å². The Morgan fingerprint density at radius 3 is 2.02 bits per heavy atom. The number of carbonyl (C=O) groups is 3. The highest BCUT2D eigenvalue weighted by atomic mass is 35.5. The van der Waals surface area contributed by atoms with Crippen LogP contribution in [0.3, 0.4) is 0 Å². The smallest absolute Gasteiger partial charge is 0.416 e. The van der Waals surface area contributed by atoms with Gasteiger partial charge in [-0.05, 0) is 53.6 Å². The van der Waals surface area contributed by atoms with Crippen molar-refractivity contribution < 1.29 is 41.1 Å². The van der Waals surface area contributed by atoms with Gasteiger partial charge in [0, 0.05) is 12.1 Å². The van der Waals surface area contributed by atoms with Gasteiger partial charge in [-0.1, -0.05) is 71.7 Å². The summed E-state index contributed by atoms with van der Waals surface area (Å²) >= 11 is 12.1. The van der Waals surface area contributed by atoms with Crippen LogP contribution >= 0.6 is 23.2 Å². The van der Waals surface area contributed by atoms with Crippen molar-refractivity contribution in [3.63, 3.8) is 0 Å². The monoisotopic (exact) mass is 693 g/mol. The lowest BCUT2D eigenvalue weighted by Gasteiger charge is -2.18. The number of sulfone groups is 1. The van der Waals surface area contributed by atoms with Gasteiger partial charge >= 0.3 is 18.2 Å². The molecule has 4 N–H and O–H groups in total. The van der Waals surface area contributed by atoms with Crippen LogP contribution < -0.4 is 16.0 Å². The normalized spacial score (nSPS) is 12.2. The summed E-state index contributed by atoms with van der Waals surface area (Å²) in [5.41, 5.74) is -0.732. The topological polar surface area (TPSA) is 142 Å². The van der Waals surface area contributed by atoms with Crippen molar-refractivity contribution in [2.24, 2.45) is 0 Å². The van der Waals surface area contributed by atoms with Crippen molar-refractivity contribution in [3.05, 3.63) is 123 Å². The first kappa shape index (κ1) is 34.3. The van der Waals surface area contributed by atoms with E-state index in [1.165, 1.54) is 48.5 Å². The predicted molar refractivity (Wildman–Crippen MR) is 167 cm³/mol. The largest absolute Gasteiger partial charge is 0.480 e. The van der Waals surface area contributed by atoms with Crippen LogP contribution in [0.25, 0.3) is 0 Å². The van der Waals surface area contributed by atoms with Crippen molar-refractivity contribution in [2.45, 2.75) is 29.3 Å². The average molecular weight is 695 g/mol. The molecule has 4 aromatic rings. The Hall–Kier alpha value is -4.59. The number of hydrogen-bond acceptors (Lipinski definition) is 5. The second-order valence-electron chi connectivity index (χ2n) is 9.89. The molecule has 0 saturated heterocycles. The summed E-state index contributed by atoms with van der Waals surface area (Å²) in [6, 6.07) is 17.4. The van der Waals surface area contributed by atoms with Crippen molar-refractivity contribution in [3.8, 4) is 0 Å². The molecule has 1 atom stereocenters. The maximum atomic E-state index is 13.5. The molecule has 0 spiro atoms. The number of carboxylic acid groups (broad SMARTS) is 1. The lowest BCUT2D eigenvalue weighted by molar-refractivity contribution is -0.139. The van der Waals surface area contributed by atoms with Gasteiger partial charge in [-0.15, -0.1) is 0 Å². The molecule has 0 radical (unpaired) electrons. The summed E-state index contributed by atoms with van der Waals surface area (Å²) in [5.74, 6) is -2.61. The Morgan fingerprint density at radius 2 is 1.43 bits per heavy atom. The molecule has 0 aliphatic carbocycles. The molecular weight excluding hydrogens is 670 g/mol. The molecule has 0 unspecified atom stereocenters. The maximum Gasteiger partial charge on any atom is 0.416 e. The Bertz CT molecular complexity index is 1850. The van der Waals surface area contributed by atoms with Gasteiger partial charge in [-0.2, -0.15) is 13.2 Å².